The van der Waals surface area contributed by atoms with Crippen LogP contribution in [0, 0.1) is 58.2 Å². The van der Waals surface area contributed by atoms with Crippen molar-refractivity contribution >= 4 is 5.97 Å². The second-order valence-corrected chi connectivity index (χ2v) is 16.3. The molecule has 0 aromatic rings. The van der Waals surface area contributed by atoms with Crippen LogP contribution in [0.25, 0.3) is 0 Å². The molecule has 10 unspecified atom stereocenters. The molecule has 0 radical (unpaired) electrons. The molecular weight excluding hydrogens is 488 g/mol. The third-order valence-corrected chi connectivity index (χ3v) is 13.9. The number of ether oxygens (including phenoxy) is 1. The quantitative estimate of drug-likeness (QED) is 0.157. The molecule has 2 heteroatoms. The van der Waals surface area contributed by atoms with Gasteiger partial charge in [-0.15, -0.1) is 0 Å². The molecule has 0 aromatic heterocycles. The van der Waals surface area contributed by atoms with Crippen molar-refractivity contribution in [2.45, 2.75) is 177 Å². The number of carbonyl (C=O) groups is 1. The van der Waals surface area contributed by atoms with E-state index in [0.717, 1.165) is 66.6 Å². The molecule has 0 heterocycles. The molecule has 4 rings (SSSR count). The second kappa shape index (κ2) is 14.3. The smallest absolute Gasteiger partial charge is 0.306 e. The Morgan fingerprint density at radius 2 is 1.50 bits per heavy atom. The summed E-state index contributed by atoms with van der Waals surface area (Å²) in [5.74, 6) is 7.21. The van der Waals surface area contributed by atoms with Crippen LogP contribution < -0.4 is 0 Å². The molecule has 4 saturated carbocycles. The molecule has 4 aliphatic carbocycles. The van der Waals surface area contributed by atoms with E-state index in [1.165, 1.54) is 96.3 Å². The van der Waals surface area contributed by atoms with Gasteiger partial charge in [0.05, 0.1) is 0 Å². The molecule has 2 nitrogen and oxygen atoms in total. The highest BCUT2D eigenvalue weighted by Crippen LogP contribution is 2.68. The number of fused-ring (bicyclic) bond motifs is 5. The topological polar surface area (TPSA) is 26.3 Å². The first-order chi connectivity index (χ1) is 19.1. The molecule has 0 spiro atoms. The Bertz CT molecular complexity index is 788. The number of rotatable bonds is 14. The molecule has 0 N–H and O–H groups in total. The highest BCUT2D eigenvalue weighted by molar-refractivity contribution is 5.69. The fourth-order valence-corrected chi connectivity index (χ4v) is 11.3. The SMILES string of the molecule is CCCCCCCCC(=O)OC1CCC2(C)C(CCC3C2CCC2(C)C(C(C)CCC(CC)C(C)C)CCC32)C1. The molecule has 0 bridgehead atoms. The van der Waals surface area contributed by atoms with Crippen LogP contribution in [0.5, 0.6) is 0 Å². The van der Waals surface area contributed by atoms with E-state index in [1.807, 2.05) is 0 Å². The number of esters is 1. The Labute approximate surface area is 249 Å². The molecular formula is C38H68O2. The summed E-state index contributed by atoms with van der Waals surface area (Å²) < 4.78 is 6.10. The summed E-state index contributed by atoms with van der Waals surface area (Å²) in [7, 11) is 0. The molecule has 40 heavy (non-hydrogen) atoms. The van der Waals surface area contributed by atoms with Crippen LogP contribution in [0.15, 0.2) is 0 Å². The van der Waals surface area contributed by atoms with Crippen molar-refractivity contribution in [1.29, 1.82) is 0 Å². The van der Waals surface area contributed by atoms with Crippen LogP contribution in [0.1, 0.15) is 170 Å². The first-order valence-corrected chi connectivity index (χ1v) is 18.3. The van der Waals surface area contributed by atoms with Crippen LogP contribution >= 0.6 is 0 Å². The Morgan fingerprint density at radius 1 is 0.800 bits per heavy atom. The van der Waals surface area contributed by atoms with Gasteiger partial charge in [-0.1, -0.05) is 93.4 Å². The van der Waals surface area contributed by atoms with E-state index in [9.17, 15) is 4.79 Å². The third-order valence-electron chi connectivity index (χ3n) is 13.9. The maximum absolute atomic E-state index is 12.6. The normalized spacial score (nSPS) is 38.8. The predicted octanol–water partition coefficient (Wildman–Crippen LogP) is 11.4. The van der Waals surface area contributed by atoms with Crippen molar-refractivity contribution < 1.29 is 9.53 Å². The lowest BCUT2D eigenvalue weighted by molar-refractivity contribution is -0.162. The fraction of sp³-hybridized carbons (Fsp3) is 0.974. The van der Waals surface area contributed by atoms with E-state index < -0.39 is 0 Å². The van der Waals surface area contributed by atoms with Gasteiger partial charge in [0.1, 0.15) is 6.10 Å². The van der Waals surface area contributed by atoms with Crippen molar-refractivity contribution in [3.63, 3.8) is 0 Å². The number of hydrogen-bond acceptors (Lipinski definition) is 2. The first kappa shape index (κ1) is 32.4. The minimum Gasteiger partial charge on any atom is -0.462 e. The predicted molar refractivity (Wildman–Crippen MR) is 170 cm³/mol. The van der Waals surface area contributed by atoms with Gasteiger partial charge >= 0.3 is 5.97 Å². The molecule has 10 atom stereocenters. The summed E-state index contributed by atoms with van der Waals surface area (Å²) in [6.45, 7) is 17.5. The van der Waals surface area contributed by atoms with Crippen LogP contribution in [0.3, 0.4) is 0 Å². The summed E-state index contributed by atoms with van der Waals surface area (Å²) in [6, 6.07) is 0. The van der Waals surface area contributed by atoms with E-state index in [2.05, 4.69) is 48.5 Å². The van der Waals surface area contributed by atoms with Crippen molar-refractivity contribution in [2.24, 2.45) is 58.2 Å². The van der Waals surface area contributed by atoms with Gasteiger partial charge in [0.25, 0.3) is 0 Å². The molecule has 0 saturated heterocycles. The minimum atomic E-state index is 0.0796. The van der Waals surface area contributed by atoms with Gasteiger partial charge in [0.2, 0.25) is 0 Å². The summed E-state index contributed by atoms with van der Waals surface area (Å²) in [4.78, 5) is 12.6. The Morgan fingerprint density at radius 3 is 2.23 bits per heavy atom. The van der Waals surface area contributed by atoms with Gasteiger partial charge in [0.15, 0.2) is 0 Å². The van der Waals surface area contributed by atoms with Gasteiger partial charge in [-0.3, -0.25) is 4.79 Å². The zero-order chi connectivity index (χ0) is 28.9. The molecule has 4 fully saturated rings. The first-order valence-electron chi connectivity index (χ1n) is 18.3. The van der Waals surface area contributed by atoms with Crippen LogP contribution in [0.4, 0.5) is 0 Å². The van der Waals surface area contributed by atoms with Gasteiger partial charge in [-0.05, 0) is 129 Å². The van der Waals surface area contributed by atoms with Gasteiger partial charge in [-0.2, -0.15) is 0 Å². The van der Waals surface area contributed by atoms with E-state index in [1.54, 1.807) is 0 Å². The van der Waals surface area contributed by atoms with Crippen molar-refractivity contribution in [1.82, 2.24) is 0 Å². The van der Waals surface area contributed by atoms with Crippen LogP contribution in [-0.2, 0) is 9.53 Å². The summed E-state index contributed by atoms with van der Waals surface area (Å²) in [6.07, 6.45) is 24.7. The molecule has 0 aromatic carbocycles. The van der Waals surface area contributed by atoms with Crippen LogP contribution in [0.2, 0.25) is 0 Å². The molecule has 0 amide bonds. The summed E-state index contributed by atoms with van der Waals surface area (Å²) in [5.41, 5.74) is 1.05. The maximum Gasteiger partial charge on any atom is 0.306 e. The Kier molecular flexibility index (Phi) is 11.6. The molecule has 232 valence electrons. The largest absolute Gasteiger partial charge is 0.462 e. The Hall–Kier alpha value is -0.530. The lowest BCUT2D eigenvalue weighted by Crippen LogP contribution is -2.54. The number of hydrogen-bond donors (Lipinski definition) is 0. The lowest BCUT2D eigenvalue weighted by Gasteiger charge is -2.61. The number of carbonyl (C=O) groups excluding carboxylic acids is 1. The third kappa shape index (κ3) is 6.98. The van der Waals surface area contributed by atoms with E-state index >= 15 is 0 Å². The second-order valence-electron chi connectivity index (χ2n) is 16.3. The van der Waals surface area contributed by atoms with Crippen molar-refractivity contribution in [2.75, 3.05) is 0 Å². The Balaban J connectivity index is 1.29. The van der Waals surface area contributed by atoms with Crippen molar-refractivity contribution in [3.05, 3.63) is 0 Å². The zero-order valence-electron chi connectivity index (χ0n) is 27.9. The minimum absolute atomic E-state index is 0.0796. The lowest BCUT2D eigenvalue weighted by atomic mass is 9.44. The highest BCUT2D eigenvalue weighted by atomic mass is 16.5. The summed E-state index contributed by atoms with van der Waals surface area (Å²) in [5, 5.41) is 0. The standard InChI is InChI=1S/C38H68O2/c1-8-10-11-12-13-14-15-36(39)40-31-22-24-37(6)30(26-31)18-19-32-34-21-20-33(38(34,7)25-23-35(32)37)28(5)16-17-29(9-2)27(3)4/h27-35H,8-26H2,1-7H3. The monoisotopic (exact) mass is 557 g/mol. The van der Waals surface area contributed by atoms with Gasteiger partial charge in [0, 0.05) is 6.42 Å². The average molecular weight is 557 g/mol. The zero-order valence-corrected chi connectivity index (χ0v) is 27.9. The molecule has 4 aliphatic rings. The highest BCUT2D eigenvalue weighted by Gasteiger charge is 2.60. The maximum atomic E-state index is 12.6. The van der Waals surface area contributed by atoms with E-state index in [0.29, 0.717) is 17.3 Å². The van der Waals surface area contributed by atoms with E-state index in [4.69, 9.17) is 4.74 Å². The molecule has 0 aliphatic heterocycles. The van der Waals surface area contributed by atoms with Gasteiger partial charge < -0.3 is 4.74 Å². The number of unbranched alkanes of at least 4 members (excludes halogenated alkanes) is 5. The fourth-order valence-electron chi connectivity index (χ4n) is 11.3. The van der Waals surface area contributed by atoms with Gasteiger partial charge in [-0.25, -0.2) is 0 Å². The summed E-state index contributed by atoms with van der Waals surface area (Å²) >= 11 is 0. The van der Waals surface area contributed by atoms with Crippen LogP contribution in [-0.4, -0.2) is 12.1 Å². The average Bonchev–Trinajstić information content (AvgIpc) is 3.28. The van der Waals surface area contributed by atoms with E-state index in [-0.39, 0.29) is 12.1 Å². The van der Waals surface area contributed by atoms with Crippen molar-refractivity contribution in [3.8, 4) is 0 Å².